The van der Waals surface area contributed by atoms with Crippen LogP contribution in [0.4, 0.5) is 0 Å². The average molecular weight is 345 g/mol. The molecule has 2 rings (SSSR count). The van der Waals surface area contributed by atoms with Crippen molar-refractivity contribution in [3.63, 3.8) is 0 Å². The van der Waals surface area contributed by atoms with Crippen LogP contribution in [0.3, 0.4) is 0 Å². The van der Waals surface area contributed by atoms with Gasteiger partial charge >= 0.3 is 0 Å². The molecule has 22 heavy (non-hydrogen) atoms. The largest absolute Gasteiger partial charge is 0.354 e. The van der Waals surface area contributed by atoms with Crippen LogP contribution in [0.1, 0.15) is 31.6 Å². The van der Waals surface area contributed by atoms with Gasteiger partial charge < -0.3 is 10.6 Å². The third kappa shape index (κ3) is 3.36. The molecule has 7 heteroatoms. The van der Waals surface area contributed by atoms with E-state index in [-0.39, 0.29) is 11.3 Å². The summed E-state index contributed by atoms with van der Waals surface area (Å²) in [5.41, 5.74) is -0.213. The Morgan fingerprint density at radius 3 is 2.55 bits per heavy atom. The first-order chi connectivity index (χ1) is 10.2. The minimum absolute atomic E-state index is 0.213. The third-order valence-corrected chi connectivity index (χ3v) is 7.66. The molecule has 2 N–H and O–H groups in total. The summed E-state index contributed by atoms with van der Waals surface area (Å²) in [5, 5.41) is 8.01. The van der Waals surface area contributed by atoms with E-state index in [9.17, 15) is 13.2 Å². The van der Waals surface area contributed by atoms with E-state index in [1.165, 1.54) is 11.1 Å². The molecule has 1 aromatic rings. The van der Waals surface area contributed by atoms with Crippen molar-refractivity contribution >= 4 is 27.1 Å². The molecule has 124 valence electrons. The van der Waals surface area contributed by atoms with E-state index >= 15 is 0 Å². The second-order valence-corrected chi connectivity index (χ2v) is 9.83. The Balaban J connectivity index is 2.13. The third-order valence-electron chi connectivity index (χ3n) is 4.41. The van der Waals surface area contributed by atoms with Crippen LogP contribution in [0.5, 0.6) is 0 Å². The lowest BCUT2D eigenvalue weighted by Crippen LogP contribution is -2.58. The van der Waals surface area contributed by atoms with Gasteiger partial charge in [-0.05, 0) is 37.4 Å². The smallest absolute Gasteiger partial charge is 0.241 e. The summed E-state index contributed by atoms with van der Waals surface area (Å²) in [7, 11) is -3.46. The number of rotatable bonds is 5. The van der Waals surface area contributed by atoms with Gasteiger partial charge in [0.2, 0.25) is 5.91 Å². The molecule has 1 saturated heterocycles. The monoisotopic (exact) mass is 344 g/mol. The molecule has 0 aromatic carbocycles. The summed E-state index contributed by atoms with van der Waals surface area (Å²) >= 11 is 1.64. The summed E-state index contributed by atoms with van der Waals surface area (Å²) in [6.45, 7) is 5.63. The minimum atomic E-state index is -3.46. The standard InChI is InChI=1S/C15H24N2O3S2/c1-14(2,12-5-4-10-21-12)11-17-13(18)15(22(3,19)20)6-8-16-9-7-15/h4-5,10,16H,6-9,11H2,1-3H3,(H,17,18). The van der Waals surface area contributed by atoms with E-state index in [4.69, 9.17) is 0 Å². The number of hydrogen-bond acceptors (Lipinski definition) is 5. The highest BCUT2D eigenvalue weighted by Crippen LogP contribution is 2.30. The molecule has 5 nitrogen and oxygen atoms in total. The predicted octanol–water partition coefficient (Wildman–Crippen LogP) is 1.31. The van der Waals surface area contributed by atoms with Crippen LogP contribution >= 0.6 is 11.3 Å². The van der Waals surface area contributed by atoms with E-state index in [1.54, 1.807) is 11.3 Å². The van der Waals surface area contributed by atoms with Crippen molar-refractivity contribution in [1.82, 2.24) is 10.6 Å². The lowest BCUT2D eigenvalue weighted by Gasteiger charge is -2.35. The normalized spacial score (nSPS) is 18.9. The molecule has 0 atom stereocenters. The number of carbonyl (C=O) groups excluding carboxylic acids is 1. The Morgan fingerprint density at radius 2 is 2.05 bits per heavy atom. The van der Waals surface area contributed by atoms with E-state index < -0.39 is 14.6 Å². The fourth-order valence-corrected chi connectivity index (χ4v) is 5.02. The molecular weight excluding hydrogens is 320 g/mol. The summed E-state index contributed by atoms with van der Waals surface area (Å²) in [6.07, 6.45) is 1.83. The van der Waals surface area contributed by atoms with Gasteiger partial charge in [0.05, 0.1) is 0 Å². The fourth-order valence-electron chi connectivity index (χ4n) is 2.81. The molecule has 1 fully saturated rings. The number of sulfone groups is 1. The highest BCUT2D eigenvalue weighted by atomic mass is 32.2. The van der Waals surface area contributed by atoms with Crippen molar-refractivity contribution in [1.29, 1.82) is 0 Å². The van der Waals surface area contributed by atoms with Gasteiger partial charge in [-0.1, -0.05) is 19.9 Å². The summed E-state index contributed by atoms with van der Waals surface area (Å²) in [4.78, 5) is 13.8. The first-order valence-corrected chi connectivity index (χ1v) is 10.2. The second-order valence-electron chi connectivity index (χ2n) is 6.56. The topological polar surface area (TPSA) is 75.3 Å². The minimum Gasteiger partial charge on any atom is -0.354 e. The number of piperidine rings is 1. The van der Waals surface area contributed by atoms with Crippen LogP contribution in [0.15, 0.2) is 17.5 Å². The average Bonchev–Trinajstić information content (AvgIpc) is 2.99. The molecule has 1 aliphatic heterocycles. The van der Waals surface area contributed by atoms with Crippen molar-refractivity contribution in [2.24, 2.45) is 0 Å². The van der Waals surface area contributed by atoms with Crippen molar-refractivity contribution in [3.8, 4) is 0 Å². The van der Waals surface area contributed by atoms with Gasteiger partial charge in [-0.15, -0.1) is 11.3 Å². The number of nitrogens with one attached hydrogen (secondary N) is 2. The maximum Gasteiger partial charge on any atom is 0.241 e. The van der Waals surface area contributed by atoms with Crippen LogP contribution in [0.2, 0.25) is 0 Å². The van der Waals surface area contributed by atoms with Crippen molar-refractivity contribution in [3.05, 3.63) is 22.4 Å². The van der Waals surface area contributed by atoms with Gasteiger partial charge in [0.25, 0.3) is 0 Å². The van der Waals surface area contributed by atoms with E-state index in [2.05, 4.69) is 24.5 Å². The molecule has 0 unspecified atom stereocenters. The molecule has 1 amide bonds. The molecule has 0 aliphatic carbocycles. The lowest BCUT2D eigenvalue weighted by molar-refractivity contribution is -0.124. The number of thiophene rings is 1. The van der Waals surface area contributed by atoms with Gasteiger partial charge in [-0.25, -0.2) is 8.42 Å². The maximum atomic E-state index is 12.7. The first kappa shape index (κ1) is 17.4. The molecular formula is C15H24N2O3S2. The van der Waals surface area contributed by atoms with Crippen LogP contribution in [-0.4, -0.2) is 45.0 Å². The van der Waals surface area contributed by atoms with Crippen LogP contribution < -0.4 is 10.6 Å². The summed E-state index contributed by atoms with van der Waals surface area (Å²) < 4.78 is 23.1. The van der Waals surface area contributed by atoms with Crippen LogP contribution in [0.25, 0.3) is 0 Å². The van der Waals surface area contributed by atoms with Crippen molar-refractivity contribution in [2.45, 2.75) is 36.9 Å². The Bertz CT molecular complexity index is 615. The van der Waals surface area contributed by atoms with E-state index in [0.717, 1.165) is 0 Å². The van der Waals surface area contributed by atoms with Gasteiger partial charge in [0.1, 0.15) is 0 Å². The quantitative estimate of drug-likeness (QED) is 0.844. The fraction of sp³-hybridized carbons (Fsp3) is 0.667. The Labute approximate surface area is 136 Å². The highest BCUT2D eigenvalue weighted by Gasteiger charge is 2.48. The zero-order chi connectivity index (χ0) is 16.4. The molecule has 1 aromatic heterocycles. The second kappa shape index (κ2) is 6.29. The van der Waals surface area contributed by atoms with Gasteiger partial charge in [0.15, 0.2) is 14.6 Å². The Hall–Kier alpha value is -0.920. The van der Waals surface area contributed by atoms with Crippen molar-refractivity contribution < 1.29 is 13.2 Å². The molecule has 1 aliphatic rings. The van der Waals surface area contributed by atoms with Gasteiger partial charge in [-0.2, -0.15) is 0 Å². The zero-order valence-electron chi connectivity index (χ0n) is 13.3. The lowest BCUT2D eigenvalue weighted by atomic mass is 9.90. The molecule has 0 bridgehead atoms. The molecule has 2 heterocycles. The zero-order valence-corrected chi connectivity index (χ0v) is 14.9. The Kier molecular flexibility index (Phi) is 4.99. The van der Waals surface area contributed by atoms with Gasteiger partial charge in [-0.3, -0.25) is 4.79 Å². The maximum absolute atomic E-state index is 12.7. The van der Waals surface area contributed by atoms with Crippen LogP contribution in [-0.2, 0) is 20.0 Å². The highest BCUT2D eigenvalue weighted by molar-refractivity contribution is 7.92. The molecule has 0 radical (unpaired) electrons. The molecule has 0 spiro atoms. The van der Waals surface area contributed by atoms with Crippen LogP contribution in [0, 0.1) is 0 Å². The number of amides is 1. The Morgan fingerprint density at radius 1 is 1.41 bits per heavy atom. The van der Waals surface area contributed by atoms with Crippen molar-refractivity contribution in [2.75, 3.05) is 25.9 Å². The molecule has 0 saturated carbocycles. The first-order valence-electron chi connectivity index (χ1n) is 7.42. The van der Waals surface area contributed by atoms with E-state index in [1.807, 2.05) is 17.5 Å². The summed E-state index contributed by atoms with van der Waals surface area (Å²) in [5.74, 6) is -0.360. The number of hydrogen-bond donors (Lipinski definition) is 2. The number of carbonyl (C=O) groups is 1. The predicted molar refractivity (Wildman–Crippen MR) is 90.0 cm³/mol. The summed E-state index contributed by atoms with van der Waals surface area (Å²) in [6, 6.07) is 4.02. The SMILES string of the molecule is CC(C)(CNC(=O)C1(S(C)(=O)=O)CCNCC1)c1cccs1. The van der Waals surface area contributed by atoms with E-state index in [0.29, 0.717) is 32.5 Å². The van der Waals surface area contributed by atoms with Gasteiger partial charge in [0, 0.05) is 23.1 Å².